The van der Waals surface area contributed by atoms with E-state index in [1.165, 1.54) is 7.11 Å². The van der Waals surface area contributed by atoms with Crippen LogP contribution in [0.3, 0.4) is 0 Å². The smallest absolute Gasteiger partial charge is 0.224 e. The summed E-state index contributed by atoms with van der Waals surface area (Å²) in [5.41, 5.74) is 6.37. The molecule has 0 unspecified atom stereocenters. The van der Waals surface area contributed by atoms with Gasteiger partial charge in [-0.2, -0.15) is 0 Å². The lowest BCUT2D eigenvalue weighted by Crippen LogP contribution is -2.20. The first-order valence-corrected chi connectivity index (χ1v) is 6.07. The van der Waals surface area contributed by atoms with Crippen molar-refractivity contribution < 1.29 is 19.5 Å². The number of para-hydroxylation sites is 1. The van der Waals surface area contributed by atoms with E-state index in [1.807, 2.05) is 0 Å². The fourth-order valence-corrected chi connectivity index (χ4v) is 1.68. The van der Waals surface area contributed by atoms with Crippen LogP contribution in [0.1, 0.15) is 18.4 Å². The van der Waals surface area contributed by atoms with Crippen LogP contribution in [0.5, 0.6) is 5.75 Å². The number of nitrogens with zero attached hydrogens (tertiary/aromatic N) is 1. The minimum atomic E-state index is -0.196. The first-order valence-electron chi connectivity index (χ1n) is 6.07. The van der Waals surface area contributed by atoms with Crippen molar-refractivity contribution in [3.8, 4) is 5.75 Å². The fraction of sp³-hybridized carbons (Fsp3) is 0.385. The van der Waals surface area contributed by atoms with Gasteiger partial charge in [0, 0.05) is 25.7 Å². The van der Waals surface area contributed by atoms with E-state index in [4.69, 9.17) is 20.4 Å². The summed E-state index contributed by atoms with van der Waals surface area (Å²) in [4.78, 5) is 11.9. The van der Waals surface area contributed by atoms with Gasteiger partial charge in [-0.3, -0.25) is 4.79 Å². The summed E-state index contributed by atoms with van der Waals surface area (Å²) in [6.07, 6.45) is 0.915. The first-order chi connectivity index (χ1) is 9.63. The molecule has 0 bridgehead atoms. The minimum absolute atomic E-state index is 0.101. The number of hydrogen-bond donors (Lipinski definition) is 3. The number of carbonyl (C=O) groups is 1. The molecule has 4 N–H and O–H groups in total. The van der Waals surface area contributed by atoms with Crippen molar-refractivity contribution in [2.24, 2.45) is 10.9 Å². The Balaban J connectivity index is 2.94. The largest absolute Gasteiger partial charge is 0.495 e. The Bertz CT molecular complexity index is 489. The number of rotatable bonds is 7. The molecule has 0 spiro atoms. The van der Waals surface area contributed by atoms with Gasteiger partial charge in [-0.1, -0.05) is 11.2 Å². The number of amidine groups is 1. The number of methoxy groups -OCH3 is 2. The van der Waals surface area contributed by atoms with Gasteiger partial charge in [-0.25, -0.2) is 0 Å². The predicted molar refractivity (Wildman–Crippen MR) is 75.2 cm³/mol. The summed E-state index contributed by atoms with van der Waals surface area (Å²) < 4.78 is 10.1. The van der Waals surface area contributed by atoms with Crippen LogP contribution in [0.4, 0.5) is 5.69 Å². The number of benzene rings is 1. The normalized spacial score (nSPS) is 11.2. The van der Waals surface area contributed by atoms with Gasteiger partial charge in [0.05, 0.1) is 12.8 Å². The molecule has 0 atom stereocenters. The van der Waals surface area contributed by atoms with Crippen molar-refractivity contribution >= 4 is 17.4 Å². The molecule has 0 heterocycles. The number of nitrogens with one attached hydrogen (secondary N) is 1. The Morgan fingerprint density at radius 3 is 2.80 bits per heavy atom. The van der Waals surface area contributed by atoms with Crippen LogP contribution in [0.25, 0.3) is 0 Å². The van der Waals surface area contributed by atoms with E-state index < -0.39 is 0 Å². The van der Waals surface area contributed by atoms with Gasteiger partial charge < -0.3 is 25.7 Å². The van der Waals surface area contributed by atoms with Crippen LogP contribution in [0, 0.1) is 0 Å². The monoisotopic (exact) mass is 281 g/mol. The lowest BCUT2D eigenvalue weighted by atomic mass is 10.1. The fourth-order valence-electron chi connectivity index (χ4n) is 1.68. The number of amides is 1. The third kappa shape index (κ3) is 4.13. The van der Waals surface area contributed by atoms with Crippen LogP contribution >= 0.6 is 0 Å². The number of oxime groups is 1. The summed E-state index contributed by atoms with van der Waals surface area (Å²) in [7, 11) is 3.06. The molecule has 7 heteroatoms. The van der Waals surface area contributed by atoms with Gasteiger partial charge in [-0.05, 0) is 18.6 Å². The van der Waals surface area contributed by atoms with Gasteiger partial charge in [0.25, 0.3) is 0 Å². The molecule has 0 fully saturated rings. The molecular formula is C13H19N3O4. The first kappa shape index (κ1) is 15.8. The van der Waals surface area contributed by atoms with E-state index in [2.05, 4.69) is 10.5 Å². The highest BCUT2D eigenvalue weighted by Crippen LogP contribution is 2.28. The number of hydrogen-bond acceptors (Lipinski definition) is 5. The second-order valence-corrected chi connectivity index (χ2v) is 4.01. The van der Waals surface area contributed by atoms with Crippen LogP contribution in [0.2, 0.25) is 0 Å². The zero-order chi connectivity index (χ0) is 15.0. The lowest BCUT2D eigenvalue weighted by molar-refractivity contribution is -0.116. The summed E-state index contributed by atoms with van der Waals surface area (Å²) in [5, 5.41) is 14.4. The molecular weight excluding hydrogens is 262 g/mol. The Hall–Kier alpha value is -2.28. The van der Waals surface area contributed by atoms with E-state index >= 15 is 0 Å². The highest BCUT2D eigenvalue weighted by atomic mass is 16.5. The molecule has 110 valence electrons. The Labute approximate surface area is 117 Å². The lowest BCUT2D eigenvalue weighted by Gasteiger charge is -2.14. The molecule has 0 aromatic heterocycles. The number of carbonyl (C=O) groups excluding carboxylic acids is 1. The quantitative estimate of drug-likeness (QED) is 0.228. The maximum Gasteiger partial charge on any atom is 0.224 e. The van der Waals surface area contributed by atoms with Crippen molar-refractivity contribution in [3.63, 3.8) is 0 Å². The van der Waals surface area contributed by atoms with Gasteiger partial charge in [-0.15, -0.1) is 0 Å². The SMILES string of the molecule is COCCCC(=O)Nc1c(OC)cccc1/C(N)=N/O. The summed E-state index contributed by atoms with van der Waals surface area (Å²) in [5.74, 6) is 0.142. The van der Waals surface area contributed by atoms with Crippen molar-refractivity contribution in [3.05, 3.63) is 23.8 Å². The third-order valence-corrected chi connectivity index (χ3v) is 2.65. The summed E-state index contributed by atoms with van der Waals surface area (Å²) in [6.45, 7) is 0.506. The van der Waals surface area contributed by atoms with Gasteiger partial charge in [0.15, 0.2) is 5.84 Å². The van der Waals surface area contributed by atoms with Crippen molar-refractivity contribution in [1.29, 1.82) is 0 Å². The highest BCUT2D eigenvalue weighted by Gasteiger charge is 2.15. The van der Waals surface area contributed by atoms with Gasteiger partial charge in [0.2, 0.25) is 5.91 Å². The minimum Gasteiger partial charge on any atom is -0.495 e. The third-order valence-electron chi connectivity index (χ3n) is 2.65. The Morgan fingerprint density at radius 2 is 2.20 bits per heavy atom. The standard InChI is InChI=1S/C13H19N3O4/c1-19-8-4-7-11(17)15-12-9(13(14)16-18)5-3-6-10(12)20-2/h3,5-6,18H,4,7-8H2,1-2H3,(H2,14,16)(H,15,17). The summed E-state index contributed by atoms with van der Waals surface area (Å²) >= 11 is 0. The second kappa shape index (κ2) is 8.00. The van der Waals surface area contributed by atoms with Crippen molar-refractivity contribution in [2.75, 3.05) is 26.1 Å². The van der Waals surface area contributed by atoms with Gasteiger partial charge >= 0.3 is 0 Å². The average Bonchev–Trinajstić information content (AvgIpc) is 2.47. The van der Waals surface area contributed by atoms with Gasteiger partial charge in [0.1, 0.15) is 5.75 Å². The number of anilines is 1. The molecule has 0 aliphatic rings. The number of nitrogens with two attached hydrogens (primary N) is 1. The predicted octanol–water partition coefficient (Wildman–Crippen LogP) is 1.15. The Morgan fingerprint density at radius 1 is 1.45 bits per heavy atom. The number of ether oxygens (including phenoxy) is 2. The molecule has 0 saturated carbocycles. The molecule has 0 aliphatic heterocycles. The molecule has 1 aromatic carbocycles. The molecule has 1 aromatic rings. The van der Waals surface area contributed by atoms with E-state index in [0.29, 0.717) is 36.4 Å². The molecule has 7 nitrogen and oxygen atoms in total. The zero-order valence-corrected chi connectivity index (χ0v) is 11.5. The topological polar surface area (TPSA) is 106 Å². The molecule has 0 radical (unpaired) electrons. The maximum absolute atomic E-state index is 11.9. The molecule has 0 saturated heterocycles. The molecule has 1 amide bonds. The van der Waals surface area contributed by atoms with E-state index in [-0.39, 0.29) is 11.7 Å². The molecule has 20 heavy (non-hydrogen) atoms. The van der Waals surface area contributed by atoms with Crippen LogP contribution in [-0.2, 0) is 9.53 Å². The van der Waals surface area contributed by atoms with Crippen LogP contribution in [-0.4, -0.2) is 37.8 Å². The van der Waals surface area contributed by atoms with E-state index in [0.717, 1.165) is 0 Å². The van der Waals surface area contributed by atoms with Crippen molar-refractivity contribution in [1.82, 2.24) is 0 Å². The second-order valence-electron chi connectivity index (χ2n) is 4.01. The van der Waals surface area contributed by atoms with Crippen LogP contribution < -0.4 is 15.8 Å². The summed E-state index contributed by atoms with van der Waals surface area (Å²) in [6, 6.07) is 4.99. The zero-order valence-electron chi connectivity index (χ0n) is 11.5. The maximum atomic E-state index is 11.9. The highest BCUT2D eigenvalue weighted by molar-refractivity contribution is 6.06. The Kier molecular flexibility index (Phi) is 6.31. The van der Waals surface area contributed by atoms with Crippen molar-refractivity contribution in [2.45, 2.75) is 12.8 Å². The van der Waals surface area contributed by atoms with Crippen LogP contribution in [0.15, 0.2) is 23.4 Å². The molecule has 0 aliphatic carbocycles. The molecule has 1 rings (SSSR count). The van der Waals surface area contributed by atoms with E-state index in [9.17, 15) is 4.79 Å². The van der Waals surface area contributed by atoms with E-state index in [1.54, 1.807) is 25.3 Å². The average molecular weight is 281 g/mol.